The van der Waals surface area contributed by atoms with Gasteiger partial charge in [0.15, 0.2) is 17.2 Å². The molecule has 1 amide bonds. The van der Waals surface area contributed by atoms with Crippen LogP contribution in [0.15, 0.2) is 44.5 Å². The Bertz CT molecular complexity index is 1440. The zero-order valence-electron chi connectivity index (χ0n) is 20.0. The van der Waals surface area contributed by atoms with Gasteiger partial charge in [0.25, 0.3) is 5.91 Å². The van der Waals surface area contributed by atoms with Crippen molar-refractivity contribution in [2.45, 2.75) is 20.5 Å². The van der Waals surface area contributed by atoms with Crippen LogP contribution in [-0.4, -0.2) is 57.1 Å². The lowest BCUT2D eigenvalue weighted by molar-refractivity contribution is 0.0560. The summed E-state index contributed by atoms with van der Waals surface area (Å²) in [6.45, 7) is 3.87. The van der Waals surface area contributed by atoms with Gasteiger partial charge in [0.1, 0.15) is 12.4 Å². The molecule has 0 fully saturated rings. The van der Waals surface area contributed by atoms with E-state index < -0.39 is 11.9 Å². The first-order valence-corrected chi connectivity index (χ1v) is 10.8. The number of amides is 1. The molecule has 15 nitrogen and oxygen atoms in total. The number of esters is 1. The molecule has 0 unspecified atom stereocenters. The molecule has 37 heavy (non-hydrogen) atoms. The molecule has 0 bridgehead atoms. The van der Waals surface area contributed by atoms with Gasteiger partial charge >= 0.3 is 5.97 Å². The van der Waals surface area contributed by atoms with Gasteiger partial charge in [-0.05, 0) is 60.1 Å². The molecule has 3 N–H and O–H groups in total. The third-order valence-corrected chi connectivity index (χ3v) is 4.82. The number of ether oxygens (including phenoxy) is 3. The zero-order valence-corrected chi connectivity index (χ0v) is 20.0. The summed E-state index contributed by atoms with van der Waals surface area (Å²) < 4.78 is 27.2. The van der Waals surface area contributed by atoms with Crippen LogP contribution in [0.3, 0.4) is 0 Å². The molecule has 3 heterocycles. The van der Waals surface area contributed by atoms with Crippen LogP contribution in [0.1, 0.15) is 45.0 Å². The molecule has 0 saturated carbocycles. The second-order valence-corrected chi connectivity index (χ2v) is 7.29. The van der Waals surface area contributed by atoms with Crippen molar-refractivity contribution in [2.24, 2.45) is 5.10 Å². The molecule has 3 aromatic heterocycles. The van der Waals surface area contributed by atoms with Gasteiger partial charge < -0.3 is 24.4 Å². The molecule has 0 aliphatic rings. The number of carbonyl (C=O) groups excluding carboxylic acids is 2. The van der Waals surface area contributed by atoms with E-state index in [2.05, 4.69) is 40.5 Å². The fourth-order valence-corrected chi connectivity index (χ4v) is 3.13. The zero-order chi connectivity index (χ0) is 26.4. The molecule has 0 atom stereocenters. The van der Waals surface area contributed by atoms with Crippen LogP contribution < -0.4 is 20.6 Å². The first-order valence-electron chi connectivity index (χ1n) is 10.8. The normalized spacial score (nSPS) is 11.0. The predicted octanol–water partition coefficient (Wildman–Crippen LogP) is 1.66. The molecular weight excluding hydrogens is 488 g/mol. The number of methoxy groups -OCH3 is 1. The summed E-state index contributed by atoms with van der Waals surface area (Å²) in [7, 11) is 1.27. The monoisotopic (exact) mass is 510 g/mol. The smallest absolute Gasteiger partial charge is 0.373 e. The second-order valence-electron chi connectivity index (χ2n) is 7.29. The van der Waals surface area contributed by atoms with Crippen molar-refractivity contribution in [2.75, 3.05) is 19.5 Å². The number of hydrazone groups is 1. The standard InChI is InChI=1S/C22H22N8O7/c1-4-34-17-9-13(5-7-15(17)35-11-14-6-8-16(36-14)22(32)33-3)10-24-26-21(31)18-12(2)25-29-30(18)20-19(23)27-37-28-20/h5-10H,4,11H2,1-3H3,(H2,23,27)(H,26,31). The molecule has 0 saturated heterocycles. The molecular formula is C22H22N8O7. The van der Waals surface area contributed by atoms with Crippen LogP contribution in [0.2, 0.25) is 0 Å². The van der Waals surface area contributed by atoms with E-state index in [-0.39, 0.29) is 29.7 Å². The highest BCUT2D eigenvalue weighted by Gasteiger charge is 2.22. The Balaban J connectivity index is 1.43. The molecule has 0 aliphatic heterocycles. The van der Waals surface area contributed by atoms with E-state index in [0.29, 0.717) is 35.1 Å². The first kappa shape index (κ1) is 24.9. The van der Waals surface area contributed by atoms with Crippen LogP contribution in [0.25, 0.3) is 5.82 Å². The maximum atomic E-state index is 12.7. The number of aryl methyl sites for hydroxylation is 1. The van der Waals surface area contributed by atoms with Gasteiger partial charge in [-0.15, -0.1) is 5.10 Å². The minimum Gasteiger partial charge on any atom is -0.490 e. The van der Waals surface area contributed by atoms with Crippen LogP contribution in [0.4, 0.5) is 5.82 Å². The van der Waals surface area contributed by atoms with Gasteiger partial charge in [0.05, 0.1) is 25.6 Å². The Morgan fingerprint density at radius 1 is 1.19 bits per heavy atom. The van der Waals surface area contributed by atoms with Gasteiger partial charge in [-0.25, -0.2) is 14.8 Å². The lowest BCUT2D eigenvalue weighted by Crippen LogP contribution is -2.22. The fourth-order valence-electron chi connectivity index (χ4n) is 3.13. The van der Waals surface area contributed by atoms with E-state index in [1.165, 1.54) is 19.4 Å². The highest BCUT2D eigenvalue weighted by Crippen LogP contribution is 2.29. The number of nitrogen functional groups attached to an aromatic ring is 1. The van der Waals surface area contributed by atoms with E-state index in [0.717, 1.165) is 4.68 Å². The number of carbonyl (C=O) groups is 2. The number of hydrogen-bond acceptors (Lipinski definition) is 13. The highest BCUT2D eigenvalue weighted by molar-refractivity contribution is 5.95. The third kappa shape index (κ3) is 5.55. The number of nitrogens with one attached hydrogen (secondary N) is 1. The van der Waals surface area contributed by atoms with Crippen LogP contribution in [0.5, 0.6) is 11.5 Å². The molecule has 1 aromatic carbocycles. The van der Waals surface area contributed by atoms with Gasteiger partial charge in [0.2, 0.25) is 17.4 Å². The van der Waals surface area contributed by atoms with E-state index in [1.807, 2.05) is 6.92 Å². The average Bonchev–Trinajstić information content (AvgIpc) is 3.63. The number of nitrogens with two attached hydrogens (primary N) is 1. The fraction of sp³-hybridized carbons (Fsp3) is 0.227. The summed E-state index contributed by atoms with van der Waals surface area (Å²) in [5.41, 5.74) is 9.11. The summed E-state index contributed by atoms with van der Waals surface area (Å²) in [5, 5.41) is 18.8. The minimum atomic E-state index is -0.601. The number of benzene rings is 1. The number of nitrogens with zero attached hydrogens (tertiary/aromatic N) is 6. The highest BCUT2D eigenvalue weighted by atomic mass is 16.6. The summed E-state index contributed by atoms with van der Waals surface area (Å²) in [6, 6.07) is 8.21. The maximum Gasteiger partial charge on any atom is 0.373 e. The average molecular weight is 510 g/mol. The van der Waals surface area contributed by atoms with Gasteiger partial charge in [-0.3, -0.25) is 4.79 Å². The Kier molecular flexibility index (Phi) is 7.42. The number of aromatic nitrogens is 5. The third-order valence-electron chi connectivity index (χ3n) is 4.82. The van der Waals surface area contributed by atoms with Crippen LogP contribution in [-0.2, 0) is 11.3 Å². The van der Waals surface area contributed by atoms with Crippen molar-refractivity contribution in [1.29, 1.82) is 0 Å². The number of rotatable bonds is 10. The number of hydrogen-bond donors (Lipinski definition) is 2. The SMILES string of the molecule is CCOc1cc(C=NNC(=O)c2c(C)nnn2-c2nonc2N)ccc1OCc1ccc(C(=O)OC)o1. The lowest BCUT2D eigenvalue weighted by atomic mass is 10.2. The molecule has 4 aromatic rings. The van der Waals surface area contributed by atoms with Gasteiger partial charge in [-0.2, -0.15) is 9.78 Å². The molecule has 0 aliphatic carbocycles. The van der Waals surface area contributed by atoms with Crippen molar-refractivity contribution >= 4 is 23.9 Å². The van der Waals surface area contributed by atoms with Crippen molar-refractivity contribution in [3.8, 4) is 17.3 Å². The van der Waals surface area contributed by atoms with Crippen molar-refractivity contribution in [1.82, 2.24) is 30.7 Å². The molecule has 0 radical (unpaired) electrons. The Hall–Kier alpha value is -5.21. The Labute approximate surface area is 209 Å². The summed E-state index contributed by atoms with van der Waals surface area (Å²) >= 11 is 0. The van der Waals surface area contributed by atoms with E-state index in [1.54, 1.807) is 31.2 Å². The molecule has 4 rings (SSSR count). The summed E-state index contributed by atoms with van der Waals surface area (Å²) in [4.78, 5) is 24.3. The summed E-state index contributed by atoms with van der Waals surface area (Å²) in [6.07, 6.45) is 1.43. The quantitative estimate of drug-likeness (QED) is 0.178. The topological polar surface area (TPSA) is 195 Å². The minimum absolute atomic E-state index is 0.0303. The molecule has 15 heteroatoms. The Morgan fingerprint density at radius 3 is 2.76 bits per heavy atom. The van der Waals surface area contributed by atoms with E-state index >= 15 is 0 Å². The van der Waals surface area contributed by atoms with Gasteiger partial charge in [-0.1, -0.05) is 5.21 Å². The predicted molar refractivity (Wildman–Crippen MR) is 125 cm³/mol. The second kappa shape index (κ2) is 11.0. The molecule has 0 spiro atoms. The largest absolute Gasteiger partial charge is 0.490 e. The maximum absolute atomic E-state index is 12.7. The number of anilines is 1. The lowest BCUT2D eigenvalue weighted by Gasteiger charge is -2.11. The Morgan fingerprint density at radius 2 is 2.03 bits per heavy atom. The van der Waals surface area contributed by atoms with Crippen molar-refractivity contribution in [3.05, 3.63) is 58.8 Å². The molecule has 192 valence electrons. The van der Waals surface area contributed by atoms with E-state index in [4.69, 9.17) is 19.6 Å². The van der Waals surface area contributed by atoms with Crippen molar-refractivity contribution in [3.63, 3.8) is 0 Å². The summed E-state index contributed by atoms with van der Waals surface area (Å²) in [5.74, 6) is 0.210. The van der Waals surface area contributed by atoms with Crippen LogP contribution >= 0.6 is 0 Å². The van der Waals surface area contributed by atoms with Crippen LogP contribution in [0, 0.1) is 6.92 Å². The van der Waals surface area contributed by atoms with Crippen molar-refractivity contribution < 1.29 is 32.8 Å². The first-order chi connectivity index (χ1) is 17.9. The number of furan rings is 1. The van der Waals surface area contributed by atoms with Gasteiger partial charge in [0, 0.05) is 0 Å². The van der Waals surface area contributed by atoms with E-state index in [9.17, 15) is 9.59 Å².